The summed E-state index contributed by atoms with van der Waals surface area (Å²) in [5.74, 6) is -7.54. The lowest BCUT2D eigenvalue weighted by Crippen LogP contribution is -2.49. The molecule has 4 aliphatic heterocycles. The number of hydrogen-bond donors (Lipinski definition) is 11. The summed E-state index contributed by atoms with van der Waals surface area (Å²) in [5, 5.41) is 56.4. The number of methoxy groups -OCH3 is 1. The Morgan fingerprint density at radius 1 is 0.488 bits per heavy atom. The van der Waals surface area contributed by atoms with E-state index >= 15 is 0 Å². The van der Waals surface area contributed by atoms with Gasteiger partial charge in [-0.3, -0.25) is 102 Å². The van der Waals surface area contributed by atoms with Crippen molar-refractivity contribution in [2.24, 2.45) is 35.5 Å². The van der Waals surface area contributed by atoms with Gasteiger partial charge in [0.05, 0.1) is 122 Å². The molecule has 730 valence electrons. The van der Waals surface area contributed by atoms with E-state index in [4.69, 9.17) is 53.2 Å². The highest BCUT2D eigenvalue weighted by atomic mass is 32.2. The van der Waals surface area contributed by atoms with Crippen LogP contribution in [0.3, 0.4) is 0 Å². The molecule has 0 aliphatic carbocycles. The maximum atomic E-state index is 13.6. The standard InChI is InChI=1S/C33H52N2O9.C26H40N2O6.C21H37N3O10.C10H16N2O4S/c1-4-26(36)8-5-15-41-18-20-43-21-19-42-16-7-10-31(37)30-23-25-11-13-27(14-12-25)44-17-6-9-28(33(39)35-40)29(22-24(2)3)32(38)34-30;1-4-13-33-14-6-8-24(29)23-17-19-9-11-20(12-10-19)34-15-5-7-21(26(31)28-32)22(16-18(2)3)25(30)27-23;1-17(25)12-23(14-19(27)28)7-5-22(6-8-24(15-20(29)30)16-21(31)32)13-18(26)4-3-9-34-11-10-33-2;1-7(13)17-6-10(16)12-5-8(14)3-4-9(15)11-2/h11-14,24,28-30,40H,4-10,15-23H2,1-3H3,(H,34,38)(H,35,39);9-12,18,21-23,32H,4-8,13-17H2,1-3H3,(H,27,30)(H,28,31);3-16H2,1-2H3,(H,27,28)(H,29,30)(H,31,32);3-6H2,1-2H3,(H,11,15)(H,12,16)/t28-,29+,30-;21-,22+,23-;;/m00../s1. The van der Waals surface area contributed by atoms with E-state index in [1.54, 1.807) is 23.0 Å². The Balaban J connectivity index is 0.000000895. The van der Waals surface area contributed by atoms with Gasteiger partial charge in [-0.1, -0.05) is 77.6 Å². The highest BCUT2D eigenvalue weighted by Gasteiger charge is 2.38. The molecule has 0 spiro atoms. The van der Waals surface area contributed by atoms with Gasteiger partial charge in [0.2, 0.25) is 35.4 Å². The van der Waals surface area contributed by atoms with E-state index in [1.165, 1.54) is 30.7 Å². The van der Waals surface area contributed by atoms with Crippen molar-refractivity contribution in [2.75, 3.05) is 171 Å². The molecule has 39 heteroatoms. The number of carboxylic acid groups (broad SMARTS) is 3. The number of amides is 6. The van der Waals surface area contributed by atoms with Gasteiger partial charge < -0.3 is 74.5 Å². The lowest BCUT2D eigenvalue weighted by molar-refractivity contribution is -0.142. The van der Waals surface area contributed by atoms with Gasteiger partial charge in [-0.15, -0.1) is 0 Å². The Kier molecular flexibility index (Phi) is 66.3. The summed E-state index contributed by atoms with van der Waals surface area (Å²) < 4.78 is 43.9. The number of rotatable bonds is 59. The minimum Gasteiger partial charge on any atom is -0.494 e. The molecule has 129 heavy (non-hydrogen) atoms. The van der Waals surface area contributed by atoms with Crippen LogP contribution in [0.2, 0.25) is 0 Å². The average molecular weight is 1850 g/mol. The molecule has 11 N–H and O–H groups in total. The second-order valence-electron chi connectivity index (χ2n) is 32.1. The van der Waals surface area contributed by atoms with Gasteiger partial charge in [-0.05, 0) is 138 Å². The zero-order valence-electron chi connectivity index (χ0n) is 77.1. The number of benzene rings is 2. The number of aliphatic carboxylic acids is 3. The molecule has 0 fully saturated rings. The zero-order chi connectivity index (χ0) is 96.3. The minimum absolute atomic E-state index is 0.0120. The highest BCUT2D eigenvalue weighted by molar-refractivity contribution is 8.14. The first kappa shape index (κ1) is 118. The second kappa shape index (κ2) is 72.6. The van der Waals surface area contributed by atoms with Crippen molar-refractivity contribution in [3.05, 3.63) is 59.7 Å². The maximum absolute atomic E-state index is 13.6. The van der Waals surface area contributed by atoms with Crippen LogP contribution < -0.4 is 41.7 Å². The Labute approximate surface area is 762 Å². The van der Waals surface area contributed by atoms with Crippen LogP contribution in [0.5, 0.6) is 11.5 Å². The summed E-state index contributed by atoms with van der Waals surface area (Å²) in [6, 6.07) is 13.5. The third kappa shape index (κ3) is 59.7. The van der Waals surface area contributed by atoms with Crippen LogP contribution in [-0.4, -0.2) is 317 Å². The van der Waals surface area contributed by atoms with Gasteiger partial charge in [0.15, 0.2) is 22.5 Å². The van der Waals surface area contributed by atoms with E-state index in [0.29, 0.717) is 187 Å². The number of carbonyl (C=O) groups is 16. The average Bonchev–Trinajstić information content (AvgIpc) is 0.838. The molecule has 4 heterocycles. The Morgan fingerprint density at radius 3 is 1.26 bits per heavy atom. The molecule has 0 saturated carbocycles. The number of nitrogens with zero attached hydrogens (tertiary/aromatic N) is 3. The normalized spacial score (nSPS) is 16.4. The van der Waals surface area contributed by atoms with Crippen LogP contribution >= 0.6 is 11.8 Å². The number of ketones is 6. The molecule has 0 aromatic heterocycles. The molecule has 4 bridgehead atoms. The molecule has 0 saturated heterocycles. The molecule has 0 unspecified atom stereocenters. The first-order valence-corrected chi connectivity index (χ1v) is 45.4. The van der Waals surface area contributed by atoms with Gasteiger partial charge in [0, 0.05) is 137 Å². The fourth-order valence-corrected chi connectivity index (χ4v) is 13.9. The third-order valence-corrected chi connectivity index (χ3v) is 20.8. The lowest BCUT2D eigenvalue weighted by Gasteiger charge is -2.29. The largest absolute Gasteiger partial charge is 0.494 e. The molecule has 38 nitrogen and oxygen atoms in total. The quantitative estimate of drug-likeness (QED) is 0.0221. The molecule has 6 rings (SSSR count). The van der Waals surface area contributed by atoms with Gasteiger partial charge >= 0.3 is 17.9 Å². The second-order valence-corrected chi connectivity index (χ2v) is 33.3. The van der Waals surface area contributed by atoms with Crippen LogP contribution in [0.15, 0.2) is 48.5 Å². The molecule has 2 aromatic carbocycles. The number of carboxylic acids is 3. The molecule has 0 radical (unpaired) electrons. The first-order valence-electron chi connectivity index (χ1n) is 44.4. The topological polar surface area (TPSA) is 530 Å². The SMILES string of the molecule is CCC(=O)CCCOCCOCCOCCCC(=O)[C@@H]1Cc2ccc(cc2)OCCC[C@H](C(=O)NO)[C@@H](CC(C)C)C(=O)N1.CCCOCCCC(=O)[C@@H]1Cc2ccc(cc2)OCCC[C@H](C(=O)NO)[C@@H](CC(C)C)C(=O)N1.CNC(=O)CCC(=O)CNC(=O)CSC(C)=O.COCCOCCCC(=O)CN(CCN(CC(C)=O)CC(=O)O)CCN(CC(=O)O)CC(=O)O. The van der Waals surface area contributed by atoms with Gasteiger partial charge in [0.1, 0.15) is 28.8 Å². The van der Waals surface area contributed by atoms with Crippen molar-refractivity contribution >= 4 is 105 Å². The highest BCUT2D eigenvalue weighted by Crippen LogP contribution is 2.30. The zero-order valence-corrected chi connectivity index (χ0v) is 78.0. The number of fused-ring (bicyclic) bond motifs is 22. The van der Waals surface area contributed by atoms with E-state index in [1.807, 2.05) is 90.1 Å². The molecule has 4 aliphatic rings. The third-order valence-electron chi connectivity index (χ3n) is 20.0. The molecule has 6 atom stereocenters. The summed E-state index contributed by atoms with van der Waals surface area (Å²) in [7, 11) is 3.05. The van der Waals surface area contributed by atoms with E-state index in [-0.39, 0.29) is 159 Å². The molecular formula is C90H145N9O29S. The molecule has 2 aromatic rings. The van der Waals surface area contributed by atoms with Crippen LogP contribution in [0.4, 0.5) is 0 Å². The van der Waals surface area contributed by atoms with Crippen LogP contribution in [0.25, 0.3) is 0 Å². The number of carbonyl (C=O) groups excluding carboxylic acids is 13. The summed E-state index contributed by atoms with van der Waals surface area (Å²) >= 11 is 0.887. The number of ether oxygens (including phenoxy) is 8. The van der Waals surface area contributed by atoms with Crippen molar-refractivity contribution in [2.45, 2.75) is 196 Å². The van der Waals surface area contributed by atoms with Gasteiger partial charge in [-0.25, -0.2) is 11.0 Å². The monoisotopic (exact) mass is 1850 g/mol. The van der Waals surface area contributed by atoms with Crippen molar-refractivity contribution in [3.63, 3.8) is 0 Å². The van der Waals surface area contributed by atoms with Crippen LogP contribution in [0, 0.1) is 35.5 Å². The fraction of sp³-hybridized carbons (Fsp3) is 0.689. The summed E-state index contributed by atoms with van der Waals surface area (Å²) in [6.45, 7) is 19.6. The Hall–Kier alpha value is -9.13. The van der Waals surface area contributed by atoms with Crippen LogP contribution in [0.1, 0.15) is 182 Å². The fourth-order valence-electron chi connectivity index (χ4n) is 13.4. The predicted octanol–water partition coefficient (Wildman–Crippen LogP) is 5.50. The van der Waals surface area contributed by atoms with Crippen molar-refractivity contribution in [3.8, 4) is 11.5 Å². The molecular weight excluding hydrogens is 1700 g/mol. The Bertz CT molecular complexity index is 3580. The first-order chi connectivity index (χ1) is 61.6. The van der Waals surface area contributed by atoms with Gasteiger partial charge in [-0.2, -0.15) is 0 Å². The number of hydroxylamine groups is 2. The predicted molar refractivity (Wildman–Crippen MR) is 477 cm³/mol. The van der Waals surface area contributed by atoms with Gasteiger partial charge in [0.25, 0.3) is 0 Å². The van der Waals surface area contributed by atoms with Crippen LogP contribution in [-0.2, 0) is 118 Å². The van der Waals surface area contributed by atoms with E-state index in [0.717, 1.165) is 35.7 Å². The number of nitrogens with one attached hydrogen (secondary N) is 6. The number of Topliss-reactive ketones (excluding diaryl/α,β-unsaturated/α-hetero) is 6. The van der Waals surface area contributed by atoms with E-state index in [2.05, 4.69) is 21.3 Å². The maximum Gasteiger partial charge on any atom is 0.317 e. The van der Waals surface area contributed by atoms with Crippen molar-refractivity contribution < 1.29 is 140 Å². The van der Waals surface area contributed by atoms with E-state index in [9.17, 15) is 87.1 Å². The van der Waals surface area contributed by atoms with Crippen molar-refractivity contribution in [1.82, 2.24) is 46.9 Å². The number of thioether (sulfide) groups is 1. The summed E-state index contributed by atoms with van der Waals surface area (Å²) in [4.78, 5) is 195. The minimum atomic E-state index is -1.17. The Morgan fingerprint density at radius 2 is 0.884 bits per heavy atom. The molecule has 6 amide bonds. The summed E-state index contributed by atoms with van der Waals surface area (Å²) in [5.41, 5.74) is 5.25. The number of hydrogen-bond acceptors (Lipinski definition) is 30. The lowest BCUT2D eigenvalue weighted by atomic mass is 9.81. The van der Waals surface area contributed by atoms with E-state index < -0.39 is 78.6 Å². The summed E-state index contributed by atoms with van der Waals surface area (Å²) in [6.07, 6.45) is 8.67. The van der Waals surface area contributed by atoms with Crippen molar-refractivity contribution in [1.29, 1.82) is 0 Å². The smallest absolute Gasteiger partial charge is 0.317 e.